The van der Waals surface area contributed by atoms with Crippen molar-refractivity contribution in [2.75, 3.05) is 6.54 Å². The van der Waals surface area contributed by atoms with Gasteiger partial charge in [-0.15, -0.1) is 0 Å². The Kier molecular flexibility index (Phi) is 5.16. The zero-order valence-electron chi connectivity index (χ0n) is 12.1. The van der Waals surface area contributed by atoms with Crippen LogP contribution in [-0.2, 0) is 16.6 Å². The number of nitrogens with one attached hydrogen (secondary N) is 3. The lowest BCUT2D eigenvalue weighted by Gasteiger charge is -2.10. The number of aromatic nitrogens is 2. The molecule has 116 valence electrons. The van der Waals surface area contributed by atoms with Crippen LogP contribution in [0.4, 0.5) is 0 Å². The third kappa shape index (κ3) is 4.16. The molecule has 0 aromatic carbocycles. The standard InChI is InChI=1S/C13H20N4O3S/c1-3-6-14-9-11-4-5-12(20-11)21(18,19)17-10(2)13-15-7-8-16-13/h4-5,7-8,10,14,17H,3,6,9H2,1-2H3,(H,15,16). The lowest BCUT2D eigenvalue weighted by atomic mass is 10.3. The molecule has 0 fully saturated rings. The van der Waals surface area contributed by atoms with E-state index < -0.39 is 16.1 Å². The first-order valence-corrected chi connectivity index (χ1v) is 8.32. The predicted molar refractivity (Wildman–Crippen MR) is 78.0 cm³/mol. The van der Waals surface area contributed by atoms with Crippen molar-refractivity contribution in [1.29, 1.82) is 0 Å². The Morgan fingerprint density at radius 2 is 2.24 bits per heavy atom. The molecule has 8 heteroatoms. The minimum atomic E-state index is -3.70. The molecule has 2 heterocycles. The smallest absolute Gasteiger partial charge is 0.274 e. The number of rotatable bonds is 8. The van der Waals surface area contributed by atoms with Crippen molar-refractivity contribution in [2.24, 2.45) is 0 Å². The van der Waals surface area contributed by atoms with E-state index in [1.165, 1.54) is 6.07 Å². The van der Waals surface area contributed by atoms with Gasteiger partial charge in [0.05, 0.1) is 12.6 Å². The molecular formula is C13H20N4O3S. The maximum Gasteiger partial charge on any atom is 0.274 e. The predicted octanol–water partition coefficient (Wildman–Crippen LogP) is 1.54. The molecular weight excluding hydrogens is 292 g/mol. The third-order valence-electron chi connectivity index (χ3n) is 2.89. The molecule has 0 amide bonds. The quantitative estimate of drug-likeness (QED) is 0.642. The molecule has 0 saturated heterocycles. The van der Waals surface area contributed by atoms with Crippen LogP contribution in [0, 0.1) is 0 Å². The van der Waals surface area contributed by atoms with Crippen molar-refractivity contribution in [3.8, 4) is 0 Å². The highest BCUT2D eigenvalue weighted by molar-refractivity contribution is 7.89. The number of sulfonamides is 1. The highest BCUT2D eigenvalue weighted by Crippen LogP contribution is 2.17. The Labute approximate surface area is 124 Å². The number of aromatic amines is 1. The summed E-state index contributed by atoms with van der Waals surface area (Å²) >= 11 is 0. The Morgan fingerprint density at radius 3 is 2.90 bits per heavy atom. The summed E-state index contributed by atoms with van der Waals surface area (Å²) in [6.07, 6.45) is 4.23. The molecule has 3 N–H and O–H groups in total. The van der Waals surface area contributed by atoms with Gasteiger partial charge in [0.1, 0.15) is 11.6 Å². The number of imidazole rings is 1. The molecule has 0 spiro atoms. The largest absolute Gasteiger partial charge is 0.447 e. The normalized spacial score (nSPS) is 13.4. The number of hydrogen-bond acceptors (Lipinski definition) is 5. The van der Waals surface area contributed by atoms with Crippen LogP contribution in [0.1, 0.15) is 37.9 Å². The van der Waals surface area contributed by atoms with E-state index in [2.05, 4.69) is 26.9 Å². The summed E-state index contributed by atoms with van der Waals surface area (Å²) in [7, 11) is -3.70. The fraction of sp³-hybridized carbons (Fsp3) is 0.462. The lowest BCUT2D eigenvalue weighted by molar-refractivity contribution is 0.398. The zero-order chi connectivity index (χ0) is 15.3. The van der Waals surface area contributed by atoms with Gasteiger partial charge in [-0.1, -0.05) is 6.92 Å². The summed E-state index contributed by atoms with van der Waals surface area (Å²) in [4.78, 5) is 6.90. The highest BCUT2D eigenvalue weighted by atomic mass is 32.2. The Balaban J connectivity index is 2.02. The van der Waals surface area contributed by atoms with E-state index in [4.69, 9.17) is 4.42 Å². The van der Waals surface area contributed by atoms with Crippen LogP contribution in [-0.4, -0.2) is 24.9 Å². The first-order valence-electron chi connectivity index (χ1n) is 6.84. The van der Waals surface area contributed by atoms with Gasteiger partial charge in [-0.25, -0.2) is 13.4 Å². The van der Waals surface area contributed by atoms with Crippen molar-refractivity contribution < 1.29 is 12.8 Å². The van der Waals surface area contributed by atoms with Gasteiger partial charge in [-0.2, -0.15) is 4.72 Å². The molecule has 0 bridgehead atoms. The van der Waals surface area contributed by atoms with E-state index in [0.717, 1.165) is 13.0 Å². The average molecular weight is 312 g/mol. The van der Waals surface area contributed by atoms with Crippen LogP contribution in [0.3, 0.4) is 0 Å². The van der Waals surface area contributed by atoms with Crippen molar-refractivity contribution in [3.05, 3.63) is 36.1 Å². The summed E-state index contributed by atoms with van der Waals surface area (Å²) < 4.78 is 32.3. The summed E-state index contributed by atoms with van der Waals surface area (Å²) in [6.45, 7) is 5.14. The van der Waals surface area contributed by atoms with E-state index in [1.54, 1.807) is 25.4 Å². The van der Waals surface area contributed by atoms with Crippen LogP contribution in [0.5, 0.6) is 0 Å². The van der Waals surface area contributed by atoms with E-state index >= 15 is 0 Å². The van der Waals surface area contributed by atoms with Gasteiger partial charge in [-0.3, -0.25) is 0 Å². The van der Waals surface area contributed by atoms with Gasteiger partial charge in [0.25, 0.3) is 10.0 Å². The molecule has 1 atom stereocenters. The molecule has 0 aliphatic carbocycles. The van der Waals surface area contributed by atoms with Crippen LogP contribution in [0.25, 0.3) is 0 Å². The average Bonchev–Trinajstić information content (AvgIpc) is 3.10. The van der Waals surface area contributed by atoms with Gasteiger partial charge in [-0.05, 0) is 32.0 Å². The van der Waals surface area contributed by atoms with E-state index in [9.17, 15) is 8.42 Å². The van der Waals surface area contributed by atoms with Crippen LogP contribution in [0.15, 0.2) is 34.0 Å². The van der Waals surface area contributed by atoms with Crippen LogP contribution < -0.4 is 10.0 Å². The number of nitrogens with zero attached hydrogens (tertiary/aromatic N) is 1. The summed E-state index contributed by atoms with van der Waals surface area (Å²) in [5.74, 6) is 1.14. The second-order valence-corrected chi connectivity index (χ2v) is 6.36. The first-order chi connectivity index (χ1) is 10.0. The molecule has 2 rings (SSSR count). The highest BCUT2D eigenvalue weighted by Gasteiger charge is 2.22. The minimum Gasteiger partial charge on any atom is -0.447 e. The second-order valence-electron chi connectivity index (χ2n) is 4.71. The summed E-state index contributed by atoms with van der Waals surface area (Å²) in [6, 6.07) is 2.66. The molecule has 1 unspecified atom stereocenters. The fourth-order valence-electron chi connectivity index (χ4n) is 1.85. The molecule has 7 nitrogen and oxygen atoms in total. The minimum absolute atomic E-state index is 0.0887. The molecule has 0 radical (unpaired) electrons. The number of furan rings is 1. The first kappa shape index (κ1) is 15.7. The lowest BCUT2D eigenvalue weighted by Crippen LogP contribution is -2.27. The van der Waals surface area contributed by atoms with Gasteiger partial charge in [0.2, 0.25) is 5.09 Å². The zero-order valence-corrected chi connectivity index (χ0v) is 12.9. The number of hydrogen-bond donors (Lipinski definition) is 3. The van der Waals surface area contributed by atoms with Crippen molar-refractivity contribution >= 4 is 10.0 Å². The van der Waals surface area contributed by atoms with E-state index in [1.807, 2.05) is 0 Å². The monoisotopic (exact) mass is 312 g/mol. The van der Waals surface area contributed by atoms with Crippen molar-refractivity contribution in [1.82, 2.24) is 20.0 Å². The Hall–Kier alpha value is -1.64. The Morgan fingerprint density at radius 1 is 1.43 bits per heavy atom. The van der Waals surface area contributed by atoms with E-state index in [0.29, 0.717) is 18.1 Å². The van der Waals surface area contributed by atoms with Crippen molar-refractivity contribution in [3.63, 3.8) is 0 Å². The van der Waals surface area contributed by atoms with Crippen LogP contribution >= 0.6 is 0 Å². The van der Waals surface area contributed by atoms with Gasteiger partial charge in [0, 0.05) is 12.4 Å². The Bertz CT molecular complexity index is 649. The molecule has 21 heavy (non-hydrogen) atoms. The molecule has 0 aliphatic rings. The maximum atomic E-state index is 12.2. The van der Waals surface area contributed by atoms with Gasteiger partial charge < -0.3 is 14.7 Å². The molecule has 2 aromatic rings. The topological polar surface area (TPSA) is 100 Å². The fourth-order valence-corrected chi connectivity index (χ4v) is 3.00. The van der Waals surface area contributed by atoms with Crippen molar-refractivity contribution in [2.45, 2.75) is 37.9 Å². The second kappa shape index (κ2) is 6.88. The van der Waals surface area contributed by atoms with Gasteiger partial charge in [0.15, 0.2) is 0 Å². The van der Waals surface area contributed by atoms with Crippen LogP contribution in [0.2, 0.25) is 0 Å². The molecule has 2 aromatic heterocycles. The molecule has 0 aliphatic heterocycles. The third-order valence-corrected chi connectivity index (χ3v) is 4.30. The number of H-pyrrole nitrogens is 1. The summed E-state index contributed by atoms with van der Waals surface area (Å²) in [5.41, 5.74) is 0. The molecule has 0 saturated carbocycles. The SMILES string of the molecule is CCCNCc1ccc(S(=O)(=O)NC(C)c2ncc[nH]2)o1. The van der Waals surface area contributed by atoms with Gasteiger partial charge >= 0.3 is 0 Å². The van der Waals surface area contributed by atoms with E-state index in [-0.39, 0.29) is 5.09 Å². The maximum absolute atomic E-state index is 12.2. The summed E-state index contributed by atoms with van der Waals surface area (Å²) in [5, 5.41) is 3.07.